The van der Waals surface area contributed by atoms with Crippen molar-refractivity contribution < 1.29 is 29.0 Å². The van der Waals surface area contributed by atoms with Crippen molar-refractivity contribution in [1.82, 2.24) is 20.4 Å². The van der Waals surface area contributed by atoms with E-state index in [4.69, 9.17) is 16.3 Å². The fourth-order valence-electron chi connectivity index (χ4n) is 8.93. The number of aliphatic hydroxyl groups excluding tert-OH is 1. The Hall–Kier alpha value is -3.98. The second-order valence-electron chi connectivity index (χ2n) is 15.6. The number of likely N-dealkylation sites (tertiary alicyclic amines) is 2. The number of imide groups is 1. The Kier molecular flexibility index (Phi) is 9.76. The molecule has 3 heterocycles. The molecule has 3 saturated heterocycles. The van der Waals surface area contributed by atoms with Gasteiger partial charge in [0.2, 0.25) is 17.7 Å². The molecule has 0 bridgehead atoms. The normalized spacial score (nSPS) is 27.0. The van der Waals surface area contributed by atoms with Gasteiger partial charge in [-0.15, -0.1) is 0 Å². The Bertz CT molecular complexity index is 1690. The second-order valence-corrected chi connectivity index (χ2v) is 16.0. The van der Waals surface area contributed by atoms with Gasteiger partial charge in [0.25, 0.3) is 5.91 Å². The molecule has 2 unspecified atom stereocenters. The molecule has 4 amide bonds. The minimum atomic E-state index is -1.22. The fourth-order valence-corrected chi connectivity index (χ4v) is 9.14. The van der Waals surface area contributed by atoms with Gasteiger partial charge >= 0.3 is 0 Å². The smallest absolute Gasteiger partial charge is 0.251 e. The number of nitrogens with one attached hydrogen (secondary N) is 2. The number of nitriles is 1. The lowest BCUT2D eigenvalue weighted by atomic mass is 9.49. The van der Waals surface area contributed by atoms with E-state index >= 15 is 0 Å². The molecule has 1 aliphatic carbocycles. The van der Waals surface area contributed by atoms with Gasteiger partial charge in [-0.2, -0.15) is 5.26 Å². The molecular formula is C38H46ClN5O6. The highest BCUT2D eigenvalue weighted by Crippen LogP contribution is 2.55. The maximum Gasteiger partial charge on any atom is 0.251 e. The molecule has 11 nitrogen and oxygen atoms in total. The molecule has 3 aliphatic heterocycles. The van der Waals surface area contributed by atoms with Crippen molar-refractivity contribution in [3.8, 4) is 11.8 Å². The van der Waals surface area contributed by atoms with Crippen LogP contribution in [0.15, 0.2) is 42.5 Å². The highest BCUT2D eigenvalue weighted by molar-refractivity contribution is 6.31. The zero-order valence-corrected chi connectivity index (χ0v) is 29.9. The van der Waals surface area contributed by atoms with Gasteiger partial charge in [0.05, 0.1) is 22.0 Å². The average Bonchev–Trinajstić information content (AvgIpc) is 3.31. The molecule has 0 radical (unpaired) electrons. The highest BCUT2D eigenvalue weighted by Gasteiger charge is 2.64. The van der Waals surface area contributed by atoms with Crippen LogP contribution in [0.5, 0.6) is 5.75 Å². The van der Waals surface area contributed by atoms with Crippen LogP contribution in [0.3, 0.4) is 0 Å². The number of halogens is 1. The lowest BCUT2D eigenvalue weighted by Gasteiger charge is -2.63. The number of benzene rings is 2. The quantitative estimate of drug-likeness (QED) is 0.329. The molecule has 3 N–H and O–H groups in total. The van der Waals surface area contributed by atoms with Crippen LogP contribution in [0.4, 0.5) is 0 Å². The molecule has 4 aliphatic rings. The number of nitrogens with zero attached hydrogens (tertiary/aromatic N) is 3. The van der Waals surface area contributed by atoms with Gasteiger partial charge < -0.3 is 25.4 Å². The van der Waals surface area contributed by atoms with Crippen LogP contribution in [-0.2, 0) is 20.8 Å². The van der Waals surface area contributed by atoms with E-state index in [-0.39, 0.29) is 65.9 Å². The summed E-state index contributed by atoms with van der Waals surface area (Å²) in [6, 6.07) is 14.0. The largest absolute Gasteiger partial charge is 0.489 e. The standard InChI is InChI=1S/C38H46ClN5O6/c1-36(2)33(37(3,4)34(36)50-26-12-11-25(22-40)27(39)20-26)42-31(47)24-9-7-23(8-10-24)6-5-17-43-18-15-38(16-19-43)21-30(46)44(35(38)49)28-13-14-29(45)41-32(28)48/h7-12,20,28,32-34,48H,5-6,13-19,21H2,1-4H3,(H,41,45)(H,42,47)/t28?,32?,33-,34-. The summed E-state index contributed by atoms with van der Waals surface area (Å²) < 4.78 is 6.34. The third-order valence-corrected chi connectivity index (χ3v) is 11.8. The topological polar surface area (TPSA) is 152 Å². The van der Waals surface area contributed by atoms with Crippen molar-refractivity contribution in [2.24, 2.45) is 16.2 Å². The minimum Gasteiger partial charge on any atom is -0.489 e. The average molecular weight is 704 g/mol. The lowest BCUT2D eigenvalue weighted by molar-refractivity contribution is -0.164. The Labute approximate surface area is 298 Å². The minimum absolute atomic E-state index is 0.132. The SMILES string of the molecule is CC1(C)[C@H](NC(=O)c2ccc(CCCN3CCC4(CC3)CC(=O)N(C3CCC(=O)NC3O)C4=O)cc2)C(C)(C)[C@H]1Oc1ccc(C#N)c(Cl)c1. The van der Waals surface area contributed by atoms with Crippen LogP contribution in [0.25, 0.3) is 0 Å². The molecular weight excluding hydrogens is 658 g/mol. The Morgan fingerprint density at radius 3 is 2.38 bits per heavy atom. The zero-order chi connectivity index (χ0) is 36.0. The lowest BCUT2D eigenvalue weighted by Crippen LogP contribution is -2.74. The van der Waals surface area contributed by atoms with E-state index in [1.54, 1.807) is 18.2 Å². The molecule has 2 aromatic rings. The molecule has 2 atom stereocenters. The number of piperidine rings is 2. The number of carbonyl (C=O) groups excluding carboxylic acids is 4. The predicted octanol–water partition coefficient (Wildman–Crippen LogP) is 4.19. The second kappa shape index (κ2) is 13.6. The number of ether oxygens (including phenoxy) is 1. The van der Waals surface area contributed by atoms with Gasteiger partial charge in [-0.3, -0.25) is 24.1 Å². The van der Waals surface area contributed by atoms with Gasteiger partial charge in [-0.25, -0.2) is 0 Å². The monoisotopic (exact) mass is 703 g/mol. The van der Waals surface area contributed by atoms with Crippen LogP contribution in [0.2, 0.25) is 5.02 Å². The highest BCUT2D eigenvalue weighted by atomic mass is 35.5. The summed E-state index contributed by atoms with van der Waals surface area (Å²) in [5, 5.41) is 25.5. The number of aliphatic hydroxyl groups is 1. The third kappa shape index (κ3) is 6.61. The number of rotatable bonds is 9. The summed E-state index contributed by atoms with van der Waals surface area (Å²) in [7, 11) is 0. The van der Waals surface area contributed by atoms with E-state index in [1.165, 1.54) is 4.90 Å². The Balaban J connectivity index is 0.960. The molecule has 4 fully saturated rings. The van der Waals surface area contributed by atoms with Gasteiger partial charge in [-0.05, 0) is 81.6 Å². The summed E-state index contributed by atoms with van der Waals surface area (Å²) in [6.45, 7) is 10.6. The van der Waals surface area contributed by atoms with E-state index < -0.39 is 17.7 Å². The van der Waals surface area contributed by atoms with Crippen molar-refractivity contribution in [2.75, 3.05) is 19.6 Å². The van der Waals surface area contributed by atoms with Gasteiger partial charge in [0.1, 0.15) is 24.2 Å². The first kappa shape index (κ1) is 35.8. The summed E-state index contributed by atoms with van der Waals surface area (Å²) in [5.74, 6) is -0.288. The van der Waals surface area contributed by atoms with Crippen LogP contribution < -0.4 is 15.4 Å². The van der Waals surface area contributed by atoms with E-state index in [9.17, 15) is 29.5 Å². The molecule has 1 spiro atoms. The molecule has 266 valence electrons. The van der Waals surface area contributed by atoms with Crippen molar-refractivity contribution in [1.29, 1.82) is 5.26 Å². The van der Waals surface area contributed by atoms with Gasteiger partial charge in [0.15, 0.2) is 0 Å². The van der Waals surface area contributed by atoms with Gasteiger partial charge in [0, 0.05) is 41.3 Å². The van der Waals surface area contributed by atoms with E-state index in [2.05, 4.69) is 49.3 Å². The summed E-state index contributed by atoms with van der Waals surface area (Å²) >= 11 is 6.22. The first-order valence-electron chi connectivity index (χ1n) is 17.5. The Morgan fingerprint density at radius 1 is 1.08 bits per heavy atom. The van der Waals surface area contributed by atoms with Crippen LogP contribution in [-0.4, -0.2) is 82.6 Å². The first-order chi connectivity index (χ1) is 23.7. The van der Waals surface area contributed by atoms with Gasteiger partial charge in [-0.1, -0.05) is 51.4 Å². The molecule has 2 aromatic carbocycles. The van der Waals surface area contributed by atoms with Crippen LogP contribution >= 0.6 is 11.6 Å². The number of carbonyl (C=O) groups is 4. The van der Waals surface area contributed by atoms with Crippen molar-refractivity contribution >= 4 is 35.2 Å². The third-order valence-electron chi connectivity index (χ3n) is 11.5. The number of hydrogen-bond acceptors (Lipinski definition) is 8. The maximum absolute atomic E-state index is 13.5. The molecule has 12 heteroatoms. The molecule has 0 aromatic heterocycles. The molecule has 1 saturated carbocycles. The van der Waals surface area contributed by atoms with E-state index in [1.807, 2.05) is 24.3 Å². The zero-order valence-electron chi connectivity index (χ0n) is 29.1. The molecule has 50 heavy (non-hydrogen) atoms. The van der Waals surface area contributed by atoms with Crippen molar-refractivity contribution in [3.05, 3.63) is 64.2 Å². The fraction of sp³-hybridized carbons (Fsp3) is 0.553. The van der Waals surface area contributed by atoms with Crippen molar-refractivity contribution in [2.45, 2.75) is 97.1 Å². The van der Waals surface area contributed by atoms with Crippen molar-refractivity contribution in [3.63, 3.8) is 0 Å². The first-order valence-corrected chi connectivity index (χ1v) is 17.9. The number of hydrogen-bond donors (Lipinski definition) is 3. The predicted molar refractivity (Wildman–Crippen MR) is 186 cm³/mol. The Morgan fingerprint density at radius 2 is 1.76 bits per heavy atom. The summed E-state index contributed by atoms with van der Waals surface area (Å²) in [6.07, 6.45) is 2.18. The summed E-state index contributed by atoms with van der Waals surface area (Å²) in [5.41, 5.74) is 0.694. The molecule has 6 rings (SSSR count). The summed E-state index contributed by atoms with van der Waals surface area (Å²) in [4.78, 5) is 54.9. The maximum atomic E-state index is 13.5. The van der Waals surface area contributed by atoms with E-state index in [0.29, 0.717) is 34.7 Å². The van der Waals surface area contributed by atoms with Crippen LogP contribution in [0.1, 0.15) is 87.7 Å². The van der Waals surface area contributed by atoms with E-state index in [0.717, 1.165) is 38.0 Å². The van der Waals surface area contributed by atoms with Crippen LogP contribution in [0, 0.1) is 27.6 Å². The number of aryl methyl sites for hydroxylation is 1. The number of amides is 4.